The van der Waals surface area contributed by atoms with Crippen molar-refractivity contribution in [3.63, 3.8) is 0 Å². The summed E-state index contributed by atoms with van der Waals surface area (Å²) in [5.41, 5.74) is 5.39. The summed E-state index contributed by atoms with van der Waals surface area (Å²) >= 11 is 0. The number of carbonyl (C=O) groups excluding carboxylic acids is 1. The predicted octanol–water partition coefficient (Wildman–Crippen LogP) is 1.19. The zero-order chi connectivity index (χ0) is 12.5. The number of rotatable bonds is 6. The van der Waals surface area contributed by atoms with Gasteiger partial charge in [-0.25, -0.2) is 0 Å². The van der Waals surface area contributed by atoms with Gasteiger partial charge in [-0.05, 0) is 44.9 Å². The molecule has 2 saturated carbocycles. The Morgan fingerprint density at radius 2 is 2.18 bits per heavy atom. The Balaban J connectivity index is 1.87. The highest BCUT2D eigenvalue weighted by atomic mass is 16.5. The molecule has 2 aliphatic rings. The number of nitrogens with one attached hydrogen (secondary N) is 1. The molecule has 0 aromatic carbocycles. The highest BCUT2D eigenvalue weighted by Gasteiger charge is 2.44. The number of amides is 1. The highest BCUT2D eigenvalue weighted by molar-refractivity contribution is 5.78. The largest absolute Gasteiger partial charge is 0.378 e. The third kappa shape index (κ3) is 2.63. The number of nitrogens with two attached hydrogens (primary N) is 1. The summed E-state index contributed by atoms with van der Waals surface area (Å²) in [6, 6.07) is 0. The van der Waals surface area contributed by atoms with Crippen LogP contribution in [0.3, 0.4) is 0 Å². The zero-order valence-electron chi connectivity index (χ0n) is 10.9. The summed E-state index contributed by atoms with van der Waals surface area (Å²) in [7, 11) is 1.70. The topological polar surface area (TPSA) is 64.3 Å². The quantitative estimate of drug-likeness (QED) is 0.733. The normalized spacial score (nSPS) is 25.8. The first-order valence-corrected chi connectivity index (χ1v) is 6.60. The van der Waals surface area contributed by atoms with Gasteiger partial charge < -0.3 is 15.8 Å². The lowest BCUT2D eigenvalue weighted by Crippen LogP contribution is -2.55. The molecule has 0 aromatic rings. The molecule has 1 amide bonds. The minimum absolute atomic E-state index is 0.0893. The highest BCUT2D eigenvalue weighted by Crippen LogP contribution is 2.40. The second-order valence-corrected chi connectivity index (χ2v) is 5.86. The van der Waals surface area contributed by atoms with Crippen molar-refractivity contribution in [1.29, 1.82) is 0 Å². The lowest BCUT2D eigenvalue weighted by atomic mass is 9.77. The Kier molecular flexibility index (Phi) is 3.46. The Labute approximate surface area is 103 Å². The Bertz CT molecular complexity index is 292. The Hall–Kier alpha value is -0.610. The van der Waals surface area contributed by atoms with Crippen LogP contribution in [0.2, 0.25) is 0 Å². The molecule has 2 fully saturated rings. The molecule has 0 aromatic heterocycles. The fraction of sp³-hybridized carbons (Fsp3) is 0.923. The molecule has 17 heavy (non-hydrogen) atoms. The van der Waals surface area contributed by atoms with Gasteiger partial charge in [0.05, 0.1) is 17.6 Å². The van der Waals surface area contributed by atoms with Gasteiger partial charge in [-0.1, -0.05) is 0 Å². The van der Waals surface area contributed by atoms with Crippen LogP contribution >= 0.6 is 0 Å². The monoisotopic (exact) mass is 240 g/mol. The summed E-state index contributed by atoms with van der Waals surface area (Å²) in [5, 5.41) is 3.12. The first-order valence-electron chi connectivity index (χ1n) is 6.60. The summed E-state index contributed by atoms with van der Waals surface area (Å²) < 4.78 is 5.48. The van der Waals surface area contributed by atoms with Gasteiger partial charge in [0.15, 0.2) is 0 Å². The van der Waals surface area contributed by atoms with Crippen LogP contribution in [0.25, 0.3) is 0 Å². The van der Waals surface area contributed by atoms with E-state index in [0.717, 1.165) is 19.3 Å². The molecule has 0 heterocycles. The zero-order valence-corrected chi connectivity index (χ0v) is 10.9. The van der Waals surface area contributed by atoms with Crippen molar-refractivity contribution in [3.8, 4) is 0 Å². The molecule has 1 atom stereocenters. The molecule has 4 nitrogen and oxygen atoms in total. The van der Waals surface area contributed by atoms with Crippen molar-refractivity contribution in [1.82, 2.24) is 5.32 Å². The second kappa shape index (κ2) is 4.58. The van der Waals surface area contributed by atoms with Gasteiger partial charge in [-0.15, -0.1) is 0 Å². The van der Waals surface area contributed by atoms with Gasteiger partial charge >= 0.3 is 0 Å². The van der Waals surface area contributed by atoms with Gasteiger partial charge in [-0.2, -0.15) is 0 Å². The average Bonchev–Trinajstić information content (AvgIpc) is 3.07. The number of hydrogen-bond donors (Lipinski definition) is 2. The summed E-state index contributed by atoms with van der Waals surface area (Å²) in [6.07, 6.45) is 6.01. The number of ether oxygens (including phenoxy) is 1. The molecule has 3 N–H and O–H groups in total. The van der Waals surface area contributed by atoms with Crippen LogP contribution in [0, 0.1) is 5.92 Å². The molecule has 0 radical (unpaired) electrons. The Morgan fingerprint density at radius 3 is 2.53 bits per heavy atom. The smallest absolute Gasteiger partial charge is 0.223 e. The molecule has 0 saturated heterocycles. The summed E-state index contributed by atoms with van der Waals surface area (Å²) in [4.78, 5) is 12.1. The average molecular weight is 240 g/mol. The number of methoxy groups -OCH3 is 1. The van der Waals surface area contributed by atoms with E-state index in [4.69, 9.17) is 10.5 Å². The minimum atomic E-state index is -0.213. The number of hydrogen-bond acceptors (Lipinski definition) is 3. The van der Waals surface area contributed by atoms with Crippen LogP contribution in [0.5, 0.6) is 0 Å². The van der Waals surface area contributed by atoms with Crippen molar-refractivity contribution in [2.45, 2.75) is 56.6 Å². The van der Waals surface area contributed by atoms with E-state index in [9.17, 15) is 4.79 Å². The maximum Gasteiger partial charge on any atom is 0.223 e. The van der Waals surface area contributed by atoms with Gasteiger partial charge in [-0.3, -0.25) is 4.79 Å². The van der Waals surface area contributed by atoms with Crippen molar-refractivity contribution in [2.24, 2.45) is 11.7 Å². The van der Waals surface area contributed by atoms with Crippen LogP contribution in [0.4, 0.5) is 0 Å². The maximum atomic E-state index is 12.1. The molecular weight excluding hydrogens is 216 g/mol. The van der Waals surface area contributed by atoms with Gasteiger partial charge in [0, 0.05) is 13.7 Å². The van der Waals surface area contributed by atoms with E-state index in [-0.39, 0.29) is 17.0 Å². The van der Waals surface area contributed by atoms with E-state index in [1.54, 1.807) is 7.11 Å². The fourth-order valence-electron chi connectivity index (χ4n) is 2.72. The molecule has 0 spiro atoms. The van der Waals surface area contributed by atoms with E-state index in [2.05, 4.69) is 12.2 Å². The maximum absolute atomic E-state index is 12.1. The molecular formula is C13H24N2O2. The standard InChI is InChI=1S/C13H24N2O2/c1-12(9-14,10-4-5-10)15-11(16)8-13(17-2)6-3-7-13/h10H,3-9,14H2,1-2H3,(H,15,16). The molecule has 4 heteroatoms. The van der Waals surface area contributed by atoms with Crippen molar-refractivity contribution >= 4 is 5.91 Å². The van der Waals surface area contributed by atoms with E-state index in [1.807, 2.05) is 0 Å². The van der Waals surface area contributed by atoms with Crippen molar-refractivity contribution < 1.29 is 9.53 Å². The molecule has 1 unspecified atom stereocenters. The lowest BCUT2D eigenvalue weighted by molar-refractivity contribution is -0.136. The van der Waals surface area contributed by atoms with Crippen molar-refractivity contribution in [3.05, 3.63) is 0 Å². The van der Waals surface area contributed by atoms with E-state index >= 15 is 0 Å². The van der Waals surface area contributed by atoms with E-state index in [0.29, 0.717) is 18.9 Å². The molecule has 2 rings (SSSR count). The third-order valence-corrected chi connectivity index (χ3v) is 4.51. The number of carbonyl (C=O) groups is 1. The van der Waals surface area contributed by atoms with E-state index in [1.165, 1.54) is 12.8 Å². The lowest BCUT2D eigenvalue weighted by Gasteiger charge is -2.41. The predicted molar refractivity (Wildman–Crippen MR) is 66.5 cm³/mol. The van der Waals surface area contributed by atoms with Crippen LogP contribution in [-0.2, 0) is 9.53 Å². The SMILES string of the molecule is COC1(CC(=O)NC(C)(CN)C2CC2)CCC1. The molecule has 98 valence electrons. The van der Waals surface area contributed by atoms with Gasteiger partial charge in [0.1, 0.15) is 0 Å². The first kappa shape index (κ1) is 12.8. The fourth-order valence-corrected chi connectivity index (χ4v) is 2.72. The van der Waals surface area contributed by atoms with Crippen LogP contribution in [0.1, 0.15) is 45.4 Å². The summed E-state index contributed by atoms with van der Waals surface area (Å²) in [5.74, 6) is 0.655. The third-order valence-electron chi connectivity index (χ3n) is 4.51. The van der Waals surface area contributed by atoms with Crippen molar-refractivity contribution in [2.75, 3.05) is 13.7 Å². The van der Waals surface area contributed by atoms with Crippen LogP contribution in [-0.4, -0.2) is 30.7 Å². The molecule has 2 aliphatic carbocycles. The second-order valence-electron chi connectivity index (χ2n) is 5.86. The minimum Gasteiger partial charge on any atom is -0.378 e. The molecule has 0 bridgehead atoms. The summed E-state index contributed by atoms with van der Waals surface area (Å²) in [6.45, 7) is 2.58. The van der Waals surface area contributed by atoms with Gasteiger partial charge in [0.25, 0.3) is 0 Å². The Morgan fingerprint density at radius 1 is 1.53 bits per heavy atom. The van der Waals surface area contributed by atoms with Crippen LogP contribution in [0.15, 0.2) is 0 Å². The van der Waals surface area contributed by atoms with E-state index < -0.39 is 0 Å². The van der Waals surface area contributed by atoms with Crippen LogP contribution < -0.4 is 11.1 Å². The first-order chi connectivity index (χ1) is 8.03. The molecule has 0 aliphatic heterocycles. The van der Waals surface area contributed by atoms with Gasteiger partial charge in [0.2, 0.25) is 5.91 Å².